The van der Waals surface area contributed by atoms with Gasteiger partial charge in [-0.15, -0.1) is 0 Å². The number of hydrogen-bond acceptors (Lipinski definition) is 6. The highest BCUT2D eigenvalue weighted by Gasteiger charge is 2.39. The number of esters is 1. The minimum Gasteiger partial charge on any atom is -0.507 e. The molecule has 2 rings (SSSR count). The molecule has 3 N–H and O–H groups in total. The molecular weight excluding hydrogens is 404 g/mol. The Labute approximate surface area is 191 Å². The normalized spacial score (nSPS) is 17.2. The van der Waals surface area contributed by atoms with Crippen LogP contribution in [0.1, 0.15) is 90.8 Å². The second kappa shape index (κ2) is 9.28. The predicted molar refractivity (Wildman–Crippen MR) is 125 cm³/mol. The molecule has 0 amide bonds. The molecule has 1 aliphatic heterocycles. The smallest absolute Gasteiger partial charge is 0.338 e. The number of nitrogens with zero attached hydrogens (tertiary/aromatic N) is 1. The third-order valence-corrected chi connectivity index (χ3v) is 5.55. The Morgan fingerprint density at radius 3 is 2.09 bits per heavy atom. The Kier molecular flexibility index (Phi) is 7.34. The molecule has 174 valence electrons. The van der Waals surface area contributed by atoms with Gasteiger partial charge in [0.1, 0.15) is 23.2 Å². The molecule has 0 bridgehead atoms. The molecule has 0 fully saturated rings. The van der Waals surface area contributed by atoms with Gasteiger partial charge < -0.3 is 20.3 Å². The van der Waals surface area contributed by atoms with Crippen LogP contribution in [0, 0.1) is 11.3 Å². The van der Waals surface area contributed by atoms with Gasteiger partial charge in [0, 0.05) is 6.42 Å². The molecule has 0 spiro atoms. The minimum absolute atomic E-state index is 0.00306. The van der Waals surface area contributed by atoms with Gasteiger partial charge in [-0.05, 0) is 40.9 Å². The van der Waals surface area contributed by atoms with Crippen LogP contribution in [0.2, 0.25) is 0 Å². The number of rotatable bonds is 5. The largest absolute Gasteiger partial charge is 0.507 e. The van der Waals surface area contributed by atoms with Crippen molar-refractivity contribution in [2.75, 3.05) is 6.61 Å². The van der Waals surface area contributed by atoms with Crippen LogP contribution in [-0.2, 0) is 25.1 Å². The number of carbonyl (C=O) groups excluding carboxylic acids is 1. The highest BCUT2D eigenvalue weighted by Crippen LogP contribution is 2.46. The lowest BCUT2D eigenvalue weighted by Gasteiger charge is -2.32. The third kappa shape index (κ3) is 4.93. The van der Waals surface area contributed by atoms with E-state index in [-0.39, 0.29) is 34.6 Å². The van der Waals surface area contributed by atoms with E-state index in [4.69, 9.17) is 15.2 Å². The standard InChI is InChI=1S/C26H36N2O4/c1-9-11-19-21(24(30)31-10-2)20(16(14-27)23(28)32-19)15-12-17(25(3,4)5)22(29)18(13-15)26(6,7)8/h12-13,20,29H,9-11,28H2,1-8H3. The average molecular weight is 441 g/mol. The first-order valence-electron chi connectivity index (χ1n) is 11.1. The van der Waals surface area contributed by atoms with E-state index >= 15 is 0 Å². The Morgan fingerprint density at radius 2 is 1.69 bits per heavy atom. The molecule has 32 heavy (non-hydrogen) atoms. The number of carbonyl (C=O) groups is 1. The highest BCUT2D eigenvalue weighted by atomic mass is 16.5. The Hall–Kier alpha value is -2.94. The number of allylic oxidation sites excluding steroid dienone is 2. The molecule has 0 saturated heterocycles. The van der Waals surface area contributed by atoms with Gasteiger partial charge in [0.25, 0.3) is 0 Å². The number of benzene rings is 1. The van der Waals surface area contributed by atoms with E-state index in [0.717, 1.165) is 17.5 Å². The quantitative estimate of drug-likeness (QED) is 0.593. The van der Waals surface area contributed by atoms with Gasteiger partial charge in [0.15, 0.2) is 0 Å². The Balaban J connectivity index is 2.95. The van der Waals surface area contributed by atoms with Gasteiger partial charge in [-0.3, -0.25) is 0 Å². The van der Waals surface area contributed by atoms with E-state index in [1.807, 2.05) is 60.6 Å². The Morgan fingerprint density at radius 1 is 1.16 bits per heavy atom. The van der Waals surface area contributed by atoms with E-state index < -0.39 is 11.9 Å². The van der Waals surface area contributed by atoms with Crippen molar-refractivity contribution in [2.24, 2.45) is 5.73 Å². The summed E-state index contributed by atoms with van der Waals surface area (Å²) in [4.78, 5) is 13.1. The molecule has 1 aromatic carbocycles. The summed E-state index contributed by atoms with van der Waals surface area (Å²) in [7, 11) is 0. The van der Waals surface area contributed by atoms with Gasteiger partial charge in [0.05, 0.1) is 18.1 Å². The SMILES string of the molecule is CCCC1=C(C(=O)OCC)C(c2cc(C(C)(C)C)c(O)c(C(C)(C)C)c2)C(C#N)=C(N)O1. The molecule has 0 aliphatic carbocycles. The fourth-order valence-electron chi connectivity index (χ4n) is 3.96. The van der Waals surface area contributed by atoms with Crippen LogP contribution in [0.3, 0.4) is 0 Å². The molecule has 0 radical (unpaired) electrons. The van der Waals surface area contributed by atoms with Crippen molar-refractivity contribution in [1.29, 1.82) is 5.26 Å². The van der Waals surface area contributed by atoms with Crippen molar-refractivity contribution in [1.82, 2.24) is 0 Å². The first kappa shape index (κ1) is 25.3. The second-order valence-corrected chi connectivity index (χ2v) is 10.2. The lowest BCUT2D eigenvalue weighted by Crippen LogP contribution is -2.27. The predicted octanol–water partition coefficient (Wildman–Crippen LogP) is 5.41. The molecule has 6 nitrogen and oxygen atoms in total. The fourth-order valence-corrected chi connectivity index (χ4v) is 3.96. The van der Waals surface area contributed by atoms with Crippen LogP contribution in [0.25, 0.3) is 0 Å². The van der Waals surface area contributed by atoms with Crippen molar-refractivity contribution in [3.63, 3.8) is 0 Å². The number of nitrogens with two attached hydrogens (primary N) is 1. The zero-order valence-electron chi connectivity index (χ0n) is 20.5. The molecule has 0 saturated carbocycles. The van der Waals surface area contributed by atoms with Crippen molar-refractivity contribution in [3.8, 4) is 11.8 Å². The molecule has 1 aliphatic rings. The molecule has 1 heterocycles. The topological polar surface area (TPSA) is 106 Å². The molecule has 1 atom stereocenters. The molecule has 0 aromatic heterocycles. The summed E-state index contributed by atoms with van der Waals surface area (Å²) in [6, 6.07) is 5.89. The van der Waals surface area contributed by atoms with E-state index in [0.29, 0.717) is 23.3 Å². The van der Waals surface area contributed by atoms with Crippen LogP contribution in [0.5, 0.6) is 5.75 Å². The Bertz CT molecular complexity index is 963. The maximum atomic E-state index is 13.1. The number of nitriles is 1. The highest BCUT2D eigenvalue weighted by molar-refractivity contribution is 5.92. The number of hydrogen-bond donors (Lipinski definition) is 2. The summed E-state index contributed by atoms with van der Waals surface area (Å²) in [5.74, 6) is -0.611. The average Bonchev–Trinajstić information content (AvgIpc) is 2.66. The summed E-state index contributed by atoms with van der Waals surface area (Å²) >= 11 is 0. The van der Waals surface area contributed by atoms with E-state index in [1.165, 1.54) is 0 Å². The number of phenolic OH excluding ortho intramolecular Hbond substituents is 1. The van der Waals surface area contributed by atoms with Crippen LogP contribution in [0.15, 0.2) is 34.9 Å². The minimum atomic E-state index is -0.739. The maximum absolute atomic E-state index is 13.1. The van der Waals surface area contributed by atoms with Crippen LogP contribution >= 0.6 is 0 Å². The zero-order chi connectivity index (χ0) is 24.4. The number of phenols is 1. The molecular formula is C26H36N2O4. The monoisotopic (exact) mass is 440 g/mol. The van der Waals surface area contributed by atoms with Crippen LogP contribution < -0.4 is 5.73 Å². The fraction of sp³-hybridized carbons (Fsp3) is 0.538. The van der Waals surface area contributed by atoms with Crippen molar-refractivity contribution >= 4 is 5.97 Å². The third-order valence-electron chi connectivity index (χ3n) is 5.55. The summed E-state index contributed by atoms with van der Waals surface area (Å²) in [5, 5.41) is 21.1. The van der Waals surface area contributed by atoms with Crippen LogP contribution in [-0.4, -0.2) is 17.7 Å². The lowest BCUT2D eigenvalue weighted by atomic mass is 9.74. The van der Waals surface area contributed by atoms with Crippen LogP contribution in [0.4, 0.5) is 0 Å². The van der Waals surface area contributed by atoms with Crippen molar-refractivity contribution in [3.05, 3.63) is 51.6 Å². The van der Waals surface area contributed by atoms with Gasteiger partial charge >= 0.3 is 5.97 Å². The van der Waals surface area contributed by atoms with Gasteiger partial charge in [0.2, 0.25) is 5.88 Å². The van der Waals surface area contributed by atoms with Crippen molar-refractivity contribution < 1.29 is 19.4 Å². The second-order valence-electron chi connectivity index (χ2n) is 10.2. The first-order valence-corrected chi connectivity index (χ1v) is 11.1. The van der Waals surface area contributed by atoms with Gasteiger partial charge in [-0.25, -0.2) is 4.79 Å². The summed E-state index contributed by atoms with van der Waals surface area (Å²) in [6.07, 6.45) is 1.22. The van der Waals surface area contributed by atoms with E-state index in [1.54, 1.807) is 6.92 Å². The van der Waals surface area contributed by atoms with E-state index in [2.05, 4.69) is 6.07 Å². The summed E-state index contributed by atoms with van der Waals surface area (Å²) in [6.45, 7) is 16.0. The van der Waals surface area contributed by atoms with E-state index in [9.17, 15) is 15.2 Å². The zero-order valence-corrected chi connectivity index (χ0v) is 20.5. The molecule has 1 unspecified atom stereocenters. The van der Waals surface area contributed by atoms with Crippen molar-refractivity contribution in [2.45, 2.75) is 85.0 Å². The summed E-state index contributed by atoms with van der Waals surface area (Å²) in [5.41, 5.74) is 8.06. The first-order chi connectivity index (χ1) is 14.8. The number of aromatic hydroxyl groups is 1. The maximum Gasteiger partial charge on any atom is 0.338 e. The lowest BCUT2D eigenvalue weighted by molar-refractivity contribution is -0.139. The molecule has 1 aromatic rings. The number of ether oxygens (including phenoxy) is 2. The summed E-state index contributed by atoms with van der Waals surface area (Å²) < 4.78 is 11.1. The van der Waals surface area contributed by atoms with Gasteiger partial charge in [-0.2, -0.15) is 5.26 Å². The van der Waals surface area contributed by atoms with Gasteiger partial charge in [-0.1, -0.05) is 60.6 Å². The molecule has 6 heteroatoms.